The highest BCUT2D eigenvalue weighted by molar-refractivity contribution is 5.86. The molecule has 1 saturated heterocycles. The minimum atomic E-state index is -0.0477. The molecule has 3 aromatic rings. The number of aryl methyl sites for hydroxylation is 1. The van der Waals surface area contributed by atoms with Crippen LogP contribution in [0.5, 0.6) is 11.5 Å². The zero-order valence-corrected chi connectivity index (χ0v) is 20.3. The van der Waals surface area contributed by atoms with E-state index < -0.39 is 0 Å². The Morgan fingerprint density at radius 2 is 1.69 bits per heavy atom. The summed E-state index contributed by atoms with van der Waals surface area (Å²) in [5.74, 6) is 1.51. The maximum Gasteiger partial charge on any atom is 0.200 e. The van der Waals surface area contributed by atoms with Gasteiger partial charge in [-0.1, -0.05) is 12.1 Å². The summed E-state index contributed by atoms with van der Waals surface area (Å²) in [6.45, 7) is 7.77. The first kappa shape index (κ1) is 26.0. The van der Waals surface area contributed by atoms with Crippen LogP contribution in [0.3, 0.4) is 0 Å². The summed E-state index contributed by atoms with van der Waals surface area (Å²) >= 11 is 0. The van der Waals surface area contributed by atoms with Crippen molar-refractivity contribution in [3.8, 4) is 22.6 Å². The van der Waals surface area contributed by atoms with E-state index in [2.05, 4.69) is 16.8 Å². The maximum atomic E-state index is 13.1. The Kier molecular flexibility index (Phi) is 9.40. The van der Waals surface area contributed by atoms with Crippen LogP contribution in [0.25, 0.3) is 22.1 Å². The highest BCUT2D eigenvalue weighted by Gasteiger charge is 2.16. The predicted molar refractivity (Wildman–Crippen MR) is 133 cm³/mol. The van der Waals surface area contributed by atoms with Crippen LogP contribution >= 0.6 is 24.8 Å². The monoisotopic (exact) mass is 480 g/mol. The number of methoxy groups -OCH3 is 1. The summed E-state index contributed by atoms with van der Waals surface area (Å²) in [6.07, 6.45) is 1.54. The van der Waals surface area contributed by atoms with Crippen molar-refractivity contribution in [3.05, 3.63) is 58.4 Å². The van der Waals surface area contributed by atoms with Crippen LogP contribution in [-0.4, -0.2) is 63.3 Å². The van der Waals surface area contributed by atoms with Gasteiger partial charge < -0.3 is 18.8 Å². The van der Waals surface area contributed by atoms with Crippen molar-refractivity contribution in [1.82, 2.24) is 9.80 Å². The van der Waals surface area contributed by atoms with Crippen LogP contribution in [0.15, 0.2) is 51.9 Å². The van der Waals surface area contributed by atoms with Crippen LogP contribution in [0, 0.1) is 6.92 Å². The molecule has 0 bridgehead atoms. The van der Waals surface area contributed by atoms with Crippen molar-refractivity contribution in [2.45, 2.75) is 6.92 Å². The number of piperazine rings is 1. The third-order valence-corrected chi connectivity index (χ3v) is 5.80. The quantitative estimate of drug-likeness (QED) is 0.525. The summed E-state index contributed by atoms with van der Waals surface area (Å²) in [5, 5.41) is 0.562. The predicted octanol–water partition coefficient (Wildman–Crippen LogP) is 4.25. The van der Waals surface area contributed by atoms with Crippen LogP contribution in [0.4, 0.5) is 0 Å². The molecule has 0 unspecified atom stereocenters. The highest BCUT2D eigenvalue weighted by Crippen LogP contribution is 2.28. The van der Waals surface area contributed by atoms with Crippen molar-refractivity contribution in [1.29, 1.82) is 0 Å². The van der Waals surface area contributed by atoms with E-state index >= 15 is 0 Å². The van der Waals surface area contributed by atoms with E-state index in [0.717, 1.165) is 55.3 Å². The fourth-order valence-corrected chi connectivity index (χ4v) is 3.80. The Labute approximate surface area is 200 Å². The molecular formula is C24H30Cl2N2O4. The minimum Gasteiger partial charge on any atom is -0.497 e. The van der Waals surface area contributed by atoms with Gasteiger partial charge in [-0.15, -0.1) is 24.8 Å². The number of halogens is 2. The summed E-state index contributed by atoms with van der Waals surface area (Å²) in [7, 11) is 3.77. The maximum absolute atomic E-state index is 13.1. The molecule has 1 fully saturated rings. The molecule has 4 rings (SSSR count). The van der Waals surface area contributed by atoms with Gasteiger partial charge in [-0.3, -0.25) is 9.69 Å². The summed E-state index contributed by atoms with van der Waals surface area (Å²) in [4.78, 5) is 17.8. The van der Waals surface area contributed by atoms with Crippen molar-refractivity contribution >= 4 is 35.8 Å². The van der Waals surface area contributed by atoms with Crippen molar-refractivity contribution in [2.75, 3.05) is 53.5 Å². The van der Waals surface area contributed by atoms with Gasteiger partial charge in [0.2, 0.25) is 5.43 Å². The topological polar surface area (TPSA) is 55.2 Å². The summed E-state index contributed by atoms with van der Waals surface area (Å²) in [6, 6.07) is 11.1. The van der Waals surface area contributed by atoms with E-state index in [1.807, 2.05) is 37.3 Å². The second-order valence-corrected chi connectivity index (χ2v) is 7.77. The zero-order chi connectivity index (χ0) is 21.1. The van der Waals surface area contributed by atoms with Crippen molar-refractivity contribution in [3.63, 3.8) is 0 Å². The molecule has 1 aliphatic heterocycles. The van der Waals surface area contributed by atoms with Gasteiger partial charge in [0.1, 0.15) is 30.0 Å². The van der Waals surface area contributed by atoms with Gasteiger partial charge in [0.15, 0.2) is 0 Å². The number of ether oxygens (including phenoxy) is 2. The summed E-state index contributed by atoms with van der Waals surface area (Å²) < 4.78 is 17.1. The van der Waals surface area contributed by atoms with E-state index in [1.54, 1.807) is 13.2 Å². The minimum absolute atomic E-state index is 0. The molecule has 0 N–H and O–H groups in total. The van der Waals surface area contributed by atoms with Gasteiger partial charge in [-0.25, -0.2) is 0 Å². The molecule has 2 aromatic carbocycles. The van der Waals surface area contributed by atoms with E-state index in [4.69, 9.17) is 13.9 Å². The number of hydrogen-bond acceptors (Lipinski definition) is 6. The number of hydrogen-bond donors (Lipinski definition) is 0. The Hall–Kier alpha value is -2.25. The number of fused-ring (bicyclic) bond motifs is 1. The average Bonchev–Trinajstić information content (AvgIpc) is 2.77. The zero-order valence-electron chi connectivity index (χ0n) is 18.6. The Balaban J connectivity index is 0.00000181. The van der Waals surface area contributed by atoms with Crippen molar-refractivity contribution in [2.24, 2.45) is 0 Å². The standard InChI is InChI=1S/C24H28N2O4.2ClH/c1-17-22(29-15-14-26-12-10-25(2)11-13-26)9-8-20-23(27)21(16-30-24(17)20)18-4-6-19(28-3)7-5-18;;/h4-9,16H,10-15H2,1-3H3;2*1H. The molecule has 0 saturated carbocycles. The van der Waals surface area contributed by atoms with Gasteiger partial charge in [-0.2, -0.15) is 0 Å². The molecule has 174 valence electrons. The third kappa shape index (κ3) is 5.56. The first-order valence-electron chi connectivity index (χ1n) is 10.3. The summed E-state index contributed by atoms with van der Waals surface area (Å²) in [5.41, 5.74) is 2.72. The van der Waals surface area contributed by atoms with Crippen LogP contribution < -0.4 is 14.9 Å². The lowest BCUT2D eigenvalue weighted by molar-refractivity contribution is 0.133. The number of benzene rings is 2. The van der Waals surface area contributed by atoms with Gasteiger partial charge >= 0.3 is 0 Å². The van der Waals surface area contributed by atoms with Crippen LogP contribution in [0.1, 0.15) is 5.56 Å². The number of likely N-dealkylation sites (N-methyl/N-ethyl adjacent to an activating group) is 1. The van der Waals surface area contributed by atoms with Crippen LogP contribution in [0.2, 0.25) is 0 Å². The molecule has 0 atom stereocenters. The number of rotatable bonds is 6. The molecule has 8 heteroatoms. The molecule has 0 radical (unpaired) electrons. The smallest absolute Gasteiger partial charge is 0.200 e. The van der Waals surface area contributed by atoms with Gasteiger partial charge in [0.05, 0.1) is 18.1 Å². The molecule has 0 aliphatic carbocycles. The van der Waals surface area contributed by atoms with E-state index in [9.17, 15) is 4.79 Å². The molecule has 32 heavy (non-hydrogen) atoms. The normalized spacial score (nSPS) is 14.5. The molecule has 0 spiro atoms. The molecule has 6 nitrogen and oxygen atoms in total. The van der Waals surface area contributed by atoms with Gasteiger partial charge in [-0.05, 0) is 43.8 Å². The molecule has 1 aliphatic rings. The molecule has 1 aromatic heterocycles. The fraction of sp³-hybridized carbons (Fsp3) is 0.375. The Bertz CT molecular complexity index is 1080. The second-order valence-electron chi connectivity index (χ2n) is 7.77. The fourth-order valence-electron chi connectivity index (χ4n) is 3.80. The Morgan fingerprint density at radius 1 is 1.00 bits per heavy atom. The lowest BCUT2D eigenvalue weighted by Gasteiger charge is -2.32. The SMILES string of the molecule is COc1ccc(-c2coc3c(C)c(OCCN4CCN(C)CC4)ccc3c2=O)cc1.Cl.Cl. The first-order chi connectivity index (χ1) is 14.6. The van der Waals surface area contributed by atoms with E-state index in [-0.39, 0.29) is 30.2 Å². The molecule has 2 heterocycles. The van der Waals surface area contributed by atoms with Crippen LogP contribution in [-0.2, 0) is 0 Å². The number of nitrogens with zero attached hydrogens (tertiary/aromatic N) is 2. The van der Waals surface area contributed by atoms with Gasteiger partial charge in [0, 0.05) is 38.3 Å². The lowest BCUT2D eigenvalue weighted by Crippen LogP contribution is -2.45. The third-order valence-electron chi connectivity index (χ3n) is 5.80. The van der Waals surface area contributed by atoms with Gasteiger partial charge in [0.25, 0.3) is 0 Å². The lowest BCUT2D eigenvalue weighted by atomic mass is 10.0. The average molecular weight is 481 g/mol. The van der Waals surface area contributed by atoms with E-state index in [0.29, 0.717) is 23.1 Å². The molecule has 0 amide bonds. The molecular weight excluding hydrogens is 451 g/mol. The Morgan fingerprint density at radius 3 is 2.34 bits per heavy atom. The largest absolute Gasteiger partial charge is 0.497 e. The first-order valence-corrected chi connectivity index (χ1v) is 10.3. The highest BCUT2D eigenvalue weighted by atomic mass is 35.5. The van der Waals surface area contributed by atoms with Crippen molar-refractivity contribution < 1.29 is 13.9 Å². The second kappa shape index (κ2) is 11.6. The van der Waals surface area contributed by atoms with E-state index in [1.165, 1.54) is 6.26 Å².